The van der Waals surface area contributed by atoms with E-state index in [-0.39, 0.29) is 5.91 Å². The van der Waals surface area contributed by atoms with Crippen LogP contribution in [0.4, 0.5) is 11.4 Å². The third-order valence-electron chi connectivity index (χ3n) is 3.01. The molecule has 0 aliphatic heterocycles. The highest BCUT2D eigenvalue weighted by atomic mass is 16.1. The maximum absolute atomic E-state index is 11.9. The molecule has 0 aliphatic rings. The molecule has 20 heavy (non-hydrogen) atoms. The third kappa shape index (κ3) is 3.72. The lowest BCUT2D eigenvalue weighted by Gasteiger charge is -2.06. The van der Waals surface area contributed by atoms with Gasteiger partial charge < -0.3 is 11.1 Å². The monoisotopic (exact) mass is 266 g/mol. The minimum atomic E-state index is -0.154. The zero-order valence-electron chi connectivity index (χ0n) is 11.7. The number of benzene rings is 2. The van der Waals surface area contributed by atoms with Crippen molar-refractivity contribution in [1.29, 1.82) is 0 Å². The van der Waals surface area contributed by atoms with Crippen LogP contribution >= 0.6 is 0 Å². The number of amides is 1. The number of hydrogen-bond acceptors (Lipinski definition) is 2. The molecule has 3 N–H and O–H groups in total. The van der Waals surface area contributed by atoms with E-state index in [1.54, 1.807) is 12.1 Å². The van der Waals surface area contributed by atoms with E-state index in [9.17, 15) is 4.79 Å². The molecule has 2 aromatic rings. The lowest BCUT2D eigenvalue weighted by molar-refractivity contribution is -0.111. The Morgan fingerprint density at radius 3 is 2.45 bits per heavy atom. The molecule has 0 saturated carbocycles. The van der Waals surface area contributed by atoms with Crippen LogP contribution in [0.2, 0.25) is 0 Å². The van der Waals surface area contributed by atoms with Crippen molar-refractivity contribution in [2.75, 3.05) is 11.1 Å². The molecule has 0 heterocycles. The summed E-state index contributed by atoms with van der Waals surface area (Å²) in [5, 5.41) is 2.84. The first-order valence-corrected chi connectivity index (χ1v) is 6.46. The largest absolute Gasteiger partial charge is 0.399 e. The molecule has 3 nitrogen and oxygen atoms in total. The highest BCUT2D eigenvalue weighted by molar-refractivity contribution is 6.02. The van der Waals surface area contributed by atoms with Crippen LogP contribution in [0.3, 0.4) is 0 Å². The van der Waals surface area contributed by atoms with Gasteiger partial charge in [0.15, 0.2) is 0 Å². The van der Waals surface area contributed by atoms with Crippen LogP contribution in [0.25, 0.3) is 6.08 Å². The van der Waals surface area contributed by atoms with Gasteiger partial charge in [-0.05, 0) is 49.2 Å². The van der Waals surface area contributed by atoms with Crippen molar-refractivity contribution in [3.63, 3.8) is 0 Å². The molecule has 0 spiro atoms. The summed E-state index contributed by atoms with van der Waals surface area (Å²) in [7, 11) is 0. The normalized spacial score (nSPS) is 10.7. The zero-order valence-corrected chi connectivity index (χ0v) is 11.7. The van der Waals surface area contributed by atoms with Crippen molar-refractivity contribution in [1.82, 2.24) is 0 Å². The molecule has 0 saturated heterocycles. The fourth-order valence-corrected chi connectivity index (χ4v) is 1.85. The van der Waals surface area contributed by atoms with E-state index in [0.29, 0.717) is 5.69 Å². The van der Waals surface area contributed by atoms with Crippen LogP contribution in [0.1, 0.15) is 16.7 Å². The highest BCUT2D eigenvalue weighted by Gasteiger charge is 2.01. The van der Waals surface area contributed by atoms with E-state index in [1.807, 2.05) is 50.2 Å². The Morgan fingerprint density at radius 1 is 1.10 bits per heavy atom. The van der Waals surface area contributed by atoms with Crippen molar-refractivity contribution in [2.24, 2.45) is 0 Å². The molecule has 2 aromatic carbocycles. The number of carbonyl (C=O) groups excluding carboxylic acids is 1. The van der Waals surface area contributed by atoms with E-state index in [4.69, 9.17) is 5.73 Å². The van der Waals surface area contributed by atoms with Crippen LogP contribution in [-0.4, -0.2) is 5.91 Å². The first-order valence-electron chi connectivity index (χ1n) is 6.46. The second-order valence-electron chi connectivity index (χ2n) is 4.81. The van der Waals surface area contributed by atoms with Gasteiger partial charge in [0.05, 0.1) is 0 Å². The topological polar surface area (TPSA) is 55.1 Å². The van der Waals surface area contributed by atoms with E-state index in [0.717, 1.165) is 16.8 Å². The van der Waals surface area contributed by atoms with Crippen LogP contribution in [0.15, 0.2) is 48.5 Å². The summed E-state index contributed by atoms with van der Waals surface area (Å²) in [6.07, 6.45) is 3.32. The molecule has 2 rings (SSSR count). The first kappa shape index (κ1) is 13.9. The van der Waals surface area contributed by atoms with Gasteiger partial charge in [0.2, 0.25) is 5.91 Å². The van der Waals surface area contributed by atoms with Crippen molar-refractivity contribution >= 4 is 23.4 Å². The Hall–Kier alpha value is -2.55. The van der Waals surface area contributed by atoms with Crippen LogP contribution in [-0.2, 0) is 4.79 Å². The average molecular weight is 266 g/mol. The summed E-state index contributed by atoms with van der Waals surface area (Å²) in [4.78, 5) is 11.9. The summed E-state index contributed by atoms with van der Waals surface area (Å²) < 4.78 is 0. The molecule has 0 fully saturated rings. The molecule has 0 bridgehead atoms. The lowest BCUT2D eigenvalue weighted by atomic mass is 10.1. The molecule has 3 heteroatoms. The van der Waals surface area contributed by atoms with Crippen LogP contribution < -0.4 is 11.1 Å². The molecule has 0 aliphatic carbocycles. The second-order valence-corrected chi connectivity index (χ2v) is 4.81. The van der Waals surface area contributed by atoms with Crippen molar-refractivity contribution in [3.05, 3.63) is 65.2 Å². The van der Waals surface area contributed by atoms with Crippen LogP contribution in [0.5, 0.6) is 0 Å². The number of nitrogens with two attached hydrogens (primary N) is 1. The molecule has 0 radical (unpaired) electrons. The fraction of sp³-hybridized carbons (Fsp3) is 0.118. The lowest BCUT2D eigenvalue weighted by Crippen LogP contribution is -2.09. The Kier molecular flexibility index (Phi) is 4.20. The van der Waals surface area contributed by atoms with Gasteiger partial charge >= 0.3 is 0 Å². The SMILES string of the molecule is Cc1ccc(/C=C/C(=O)Nc2ccc(N)cc2C)cc1. The maximum atomic E-state index is 11.9. The summed E-state index contributed by atoms with van der Waals surface area (Å²) in [5.74, 6) is -0.154. The number of anilines is 2. The van der Waals surface area contributed by atoms with Gasteiger partial charge in [-0.1, -0.05) is 29.8 Å². The summed E-state index contributed by atoms with van der Waals surface area (Å²) in [5.41, 5.74) is 10.3. The van der Waals surface area contributed by atoms with E-state index < -0.39 is 0 Å². The van der Waals surface area contributed by atoms with Gasteiger partial charge in [-0.15, -0.1) is 0 Å². The number of nitrogen functional groups attached to an aromatic ring is 1. The predicted molar refractivity (Wildman–Crippen MR) is 84.4 cm³/mol. The predicted octanol–water partition coefficient (Wildman–Crippen LogP) is 3.54. The molecule has 102 valence electrons. The third-order valence-corrected chi connectivity index (χ3v) is 3.01. The van der Waals surface area contributed by atoms with Gasteiger partial charge in [0, 0.05) is 17.5 Å². The summed E-state index contributed by atoms with van der Waals surface area (Å²) >= 11 is 0. The van der Waals surface area contributed by atoms with Gasteiger partial charge in [-0.2, -0.15) is 0 Å². The Bertz CT molecular complexity index is 643. The highest BCUT2D eigenvalue weighted by Crippen LogP contribution is 2.17. The zero-order chi connectivity index (χ0) is 14.5. The van der Waals surface area contributed by atoms with E-state index in [2.05, 4.69) is 5.32 Å². The van der Waals surface area contributed by atoms with E-state index >= 15 is 0 Å². The smallest absolute Gasteiger partial charge is 0.248 e. The molecule has 1 amide bonds. The summed E-state index contributed by atoms with van der Waals surface area (Å²) in [6, 6.07) is 13.4. The van der Waals surface area contributed by atoms with Gasteiger partial charge in [-0.25, -0.2) is 0 Å². The molecular formula is C17H18N2O. The Labute approximate surface area is 119 Å². The van der Waals surface area contributed by atoms with Crippen molar-refractivity contribution < 1.29 is 4.79 Å². The fourth-order valence-electron chi connectivity index (χ4n) is 1.85. The number of hydrogen-bond donors (Lipinski definition) is 2. The van der Waals surface area contributed by atoms with Gasteiger partial charge in [0.25, 0.3) is 0 Å². The Balaban J connectivity index is 2.03. The number of rotatable bonds is 3. The van der Waals surface area contributed by atoms with Crippen molar-refractivity contribution in [2.45, 2.75) is 13.8 Å². The minimum absolute atomic E-state index is 0.154. The summed E-state index contributed by atoms with van der Waals surface area (Å²) in [6.45, 7) is 3.94. The Morgan fingerprint density at radius 2 is 1.80 bits per heavy atom. The second kappa shape index (κ2) is 6.06. The number of aryl methyl sites for hydroxylation is 2. The number of carbonyl (C=O) groups is 1. The number of nitrogens with one attached hydrogen (secondary N) is 1. The first-order chi connectivity index (χ1) is 9.54. The van der Waals surface area contributed by atoms with E-state index in [1.165, 1.54) is 11.6 Å². The molecule has 0 atom stereocenters. The molecule has 0 unspecified atom stereocenters. The van der Waals surface area contributed by atoms with Crippen molar-refractivity contribution in [3.8, 4) is 0 Å². The molecule has 0 aromatic heterocycles. The quantitative estimate of drug-likeness (QED) is 0.659. The van der Waals surface area contributed by atoms with Crippen LogP contribution in [0, 0.1) is 13.8 Å². The minimum Gasteiger partial charge on any atom is -0.399 e. The van der Waals surface area contributed by atoms with Gasteiger partial charge in [-0.3, -0.25) is 4.79 Å². The average Bonchev–Trinajstić information content (AvgIpc) is 2.41. The maximum Gasteiger partial charge on any atom is 0.248 e. The van der Waals surface area contributed by atoms with Gasteiger partial charge in [0.1, 0.15) is 0 Å². The standard InChI is InChI=1S/C17H18N2O/c1-12-3-5-14(6-4-12)7-10-17(20)19-16-9-8-15(18)11-13(16)2/h3-11H,18H2,1-2H3,(H,19,20)/b10-7+. The molecular weight excluding hydrogens is 248 g/mol.